The largest absolute Gasteiger partial charge is 0.494 e. The average molecular weight is 601 g/mol. The number of hydrogen-bond acceptors (Lipinski definition) is 6. The Labute approximate surface area is 253 Å². The number of hydrogen-bond donors (Lipinski definition) is 3. The molecule has 4 rings (SSSR count). The van der Waals surface area contributed by atoms with E-state index in [0.29, 0.717) is 40.0 Å². The third kappa shape index (κ3) is 8.95. The van der Waals surface area contributed by atoms with Gasteiger partial charge in [-0.15, -0.1) is 11.8 Å². The molecule has 214 valence electrons. The predicted octanol–water partition coefficient (Wildman–Crippen LogP) is 6.66. The number of nitrogens with zero attached hydrogens (tertiary/aromatic N) is 1. The zero-order valence-electron chi connectivity index (χ0n) is 23.0. The highest BCUT2D eigenvalue weighted by atomic mass is 35.5. The highest BCUT2D eigenvalue weighted by molar-refractivity contribution is 8.00. The Morgan fingerprint density at radius 2 is 1.71 bits per heavy atom. The minimum Gasteiger partial charge on any atom is -0.494 e. The summed E-state index contributed by atoms with van der Waals surface area (Å²) < 4.78 is 5.50. The average Bonchev–Trinajstić information content (AvgIpc) is 2.99. The van der Waals surface area contributed by atoms with E-state index < -0.39 is 17.1 Å². The zero-order chi connectivity index (χ0) is 29.9. The third-order valence-corrected chi connectivity index (χ3v) is 7.10. The molecule has 1 aromatic heterocycles. The van der Waals surface area contributed by atoms with Crippen LogP contribution in [-0.2, 0) is 9.59 Å². The quantitative estimate of drug-likeness (QED) is 0.131. The minimum absolute atomic E-state index is 0.0641. The first-order valence-corrected chi connectivity index (χ1v) is 14.4. The number of thioether (sulfide) groups is 1. The molecule has 4 aromatic rings. The summed E-state index contributed by atoms with van der Waals surface area (Å²) in [6.07, 6.45) is 3.06. The second kappa shape index (κ2) is 14.9. The first kappa shape index (κ1) is 30.4. The molecule has 3 N–H and O–H groups in total. The van der Waals surface area contributed by atoms with Gasteiger partial charge in [0, 0.05) is 22.3 Å². The molecule has 0 aliphatic heterocycles. The number of pyridine rings is 1. The molecule has 1 unspecified atom stereocenters. The minimum atomic E-state index is -0.505. The van der Waals surface area contributed by atoms with E-state index in [1.165, 1.54) is 18.0 Å². The molecule has 0 fully saturated rings. The fraction of sp³-hybridized carbons (Fsp3) is 0.125. The van der Waals surface area contributed by atoms with Crippen LogP contribution in [0.1, 0.15) is 29.8 Å². The standard InChI is InChI=1S/C32H29ClN4O4S/c1-3-41-26-15-12-22(13-16-26)18-28(36-31(39)23-8-5-4-6-9-23)32(40)35-25-10-7-11-27(19-25)42-21(2)30(38)37-29-17-14-24(33)20-34-29/h4-21H,3H2,1-2H3,(H,35,40)(H,36,39)(H,34,37,38)/b28-18+. The molecule has 0 radical (unpaired) electrons. The number of halogens is 1. The van der Waals surface area contributed by atoms with Gasteiger partial charge in [-0.05, 0) is 80.1 Å². The van der Waals surface area contributed by atoms with Gasteiger partial charge in [0.1, 0.15) is 17.3 Å². The number of amides is 3. The van der Waals surface area contributed by atoms with Crippen LogP contribution >= 0.6 is 23.4 Å². The maximum absolute atomic E-state index is 13.4. The van der Waals surface area contributed by atoms with Crippen LogP contribution < -0.4 is 20.7 Å². The van der Waals surface area contributed by atoms with Crippen LogP contribution in [0.5, 0.6) is 5.75 Å². The third-order valence-electron chi connectivity index (χ3n) is 5.78. The second-order valence-corrected chi connectivity index (χ2v) is 10.8. The highest BCUT2D eigenvalue weighted by Crippen LogP contribution is 2.27. The number of benzene rings is 3. The molecule has 3 amide bonds. The Bertz CT molecular complexity index is 1560. The molecule has 3 aromatic carbocycles. The Kier molecular flexibility index (Phi) is 10.7. The summed E-state index contributed by atoms with van der Waals surface area (Å²) in [4.78, 5) is 43.9. The van der Waals surface area contributed by atoms with Gasteiger partial charge in [0.15, 0.2) is 0 Å². The summed E-state index contributed by atoms with van der Waals surface area (Å²) in [5.41, 5.74) is 1.69. The Morgan fingerprint density at radius 1 is 0.952 bits per heavy atom. The van der Waals surface area contributed by atoms with Crippen molar-refractivity contribution in [3.05, 3.63) is 119 Å². The number of carbonyl (C=O) groups excluding carboxylic acids is 3. The second-order valence-electron chi connectivity index (χ2n) is 8.97. The van der Waals surface area contributed by atoms with Crippen LogP contribution in [-0.4, -0.2) is 34.6 Å². The Hall–Kier alpha value is -4.60. The molecule has 0 bridgehead atoms. The number of ether oxygens (including phenoxy) is 1. The SMILES string of the molecule is CCOc1ccc(/C=C(/NC(=O)c2ccccc2)C(=O)Nc2cccc(SC(C)C(=O)Nc3ccc(Cl)cn3)c2)cc1. The van der Waals surface area contributed by atoms with Crippen molar-refractivity contribution in [2.45, 2.75) is 24.0 Å². The van der Waals surface area contributed by atoms with E-state index in [1.54, 1.807) is 91.9 Å². The lowest BCUT2D eigenvalue weighted by Crippen LogP contribution is -2.30. The van der Waals surface area contributed by atoms with Crippen molar-refractivity contribution in [2.75, 3.05) is 17.2 Å². The molecule has 1 atom stereocenters. The van der Waals surface area contributed by atoms with Crippen LogP contribution in [0.15, 0.2) is 108 Å². The fourth-order valence-electron chi connectivity index (χ4n) is 3.72. The fourth-order valence-corrected chi connectivity index (χ4v) is 4.76. The van der Waals surface area contributed by atoms with Gasteiger partial charge in [-0.1, -0.05) is 48.0 Å². The summed E-state index contributed by atoms with van der Waals surface area (Å²) in [6.45, 7) is 4.21. The van der Waals surface area contributed by atoms with E-state index in [9.17, 15) is 14.4 Å². The maximum Gasteiger partial charge on any atom is 0.272 e. The van der Waals surface area contributed by atoms with Crippen LogP contribution in [0, 0.1) is 0 Å². The summed E-state index contributed by atoms with van der Waals surface area (Å²) in [5.74, 6) is -0.0384. The van der Waals surface area contributed by atoms with Crippen LogP contribution in [0.3, 0.4) is 0 Å². The lowest BCUT2D eigenvalue weighted by molar-refractivity contribution is -0.115. The van der Waals surface area contributed by atoms with Gasteiger partial charge in [0.25, 0.3) is 11.8 Å². The number of aromatic nitrogens is 1. The van der Waals surface area contributed by atoms with Gasteiger partial charge in [-0.25, -0.2) is 4.98 Å². The number of nitrogens with one attached hydrogen (secondary N) is 3. The van der Waals surface area contributed by atoms with Gasteiger partial charge in [0.2, 0.25) is 5.91 Å². The lowest BCUT2D eigenvalue weighted by Gasteiger charge is -2.14. The van der Waals surface area contributed by atoms with Gasteiger partial charge < -0.3 is 20.7 Å². The van der Waals surface area contributed by atoms with Crippen molar-refractivity contribution < 1.29 is 19.1 Å². The van der Waals surface area contributed by atoms with E-state index in [-0.39, 0.29) is 11.6 Å². The van der Waals surface area contributed by atoms with Gasteiger partial charge in [-0.2, -0.15) is 0 Å². The van der Waals surface area contributed by atoms with Crippen molar-refractivity contribution in [1.29, 1.82) is 0 Å². The number of rotatable bonds is 11. The maximum atomic E-state index is 13.4. The van der Waals surface area contributed by atoms with Crippen molar-refractivity contribution >= 4 is 58.7 Å². The molecule has 0 spiro atoms. The molecule has 0 saturated heterocycles. The smallest absolute Gasteiger partial charge is 0.272 e. The highest BCUT2D eigenvalue weighted by Gasteiger charge is 2.18. The van der Waals surface area contributed by atoms with Crippen LogP contribution in [0.4, 0.5) is 11.5 Å². The van der Waals surface area contributed by atoms with Crippen molar-refractivity contribution in [3.63, 3.8) is 0 Å². The number of carbonyl (C=O) groups is 3. The molecular weight excluding hydrogens is 572 g/mol. The van der Waals surface area contributed by atoms with Gasteiger partial charge >= 0.3 is 0 Å². The van der Waals surface area contributed by atoms with Crippen molar-refractivity contribution in [1.82, 2.24) is 10.3 Å². The summed E-state index contributed by atoms with van der Waals surface area (Å²) in [5, 5.41) is 8.38. The van der Waals surface area contributed by atoms with Crippen LogP contribution in [0.25, 0.3) is 6.08 Å². The van der Waals surface area contributed by atoms with Crippen molar-refractivity contribution in [2.24, 2.45) is 0 Å². The summed E-state index contributed by atoms with van der Waals surface area (Å²) in [7, 11) is 0. The van der Waals surface area contributed by atoms with E-state index in [1.807, 2.05) is 19.1 Å². The Balaban J connectivity index is 1.48. The molecular formula is C32H29ClN4O4S. The van der Waals surface area contributed by atoms with E-state index >= 15 is 0 Å². The Morgan fingerprint density at radius 3 is 2.40 bits per heavy atom. The number of anilines is 2. The zero-order valence-corrected chi connectivity index (χ0v) is 24.5. The monoisotopic (exact) mass is 600 g/mol. The molecule has 10 heteroatoms. The first-order valence-electron chi connectivity index (χ1n) is 13.1. The first-order chi connectivity index (χ1) is 20.3. The van der Waals surface area contributed by atoms with Crippen LogP contribution in [0.2, 0.25) is 5.02 Å². The molecule has 0 aliphatic carbocycles. The molecule has 42 heavy (non-hydrogen) atoms. The van der Waals surface area contributed by atoms with E-state index in [2.05, 4.69) is 20.9 Å². The molecule has 0 saturated carbocycles. The van der Waals surface area contributed by atoms with Crippen molar-refractivity contribution in [3.8, 4) is 5.75 Å². The summed E-state index contributed by atoms with van der Waals surface area (Å²) >= 11 is 7.19. The predicted molar refractivity (Wildman–Crippen MR) is 168 cm³/mol. The molecule has 1 heterocycles. The van der Waals surface area contributed by atoms with E-state index in [0.717, 1.165) is 4.90 Å². The normalized spacial score (nSPS) is 11.7. The van der Waals surface area contributed by atoms with Gasteiger partial charge in [0.05, 0.1) is 16.9 Å². The molecule has 0 aliphatic rings. The van der Waals surface area contributed by atoms with Gasteiger partial charge in [-0.3, -0.25) is 14.4 Å². The lowest BCUT2D eigenvalue weighted by atomic mass is 10.1. The molecule has 8 nitrogen and oxygen atoms in total. The van der Waals surface area contributed by atoms with E-state index in [4.69, 9.17) is 16.3 Å². The topological polar surface area (TPSA) is 109 Å². The summed E-state index contributed by atoms with van der Waals surface area (Å²) in [6, 6.07) is 26.2.